The highest BCUT2D eigenvalue weighted by molar-refractivity contribution is 8.14. The second-order valence-electron chi connectivity index (χ2n) is 3.55. The van der Waals surface area contributed by atoms with E-state index in [1.54, 1.807) is 11.8 Å². The molecule has 0 amide bonds. The molecule has 0 aromatic heterocycles. The van der Waals surface area contributed by atoms with Gasteiger partial charge in [-0.1, -0.05) is 30.0 Å². The third kappa shape index (κ3) is 2.45. The van der Waals surface area contributed by atoms with Crippen LogP contribution in [0.25, 0.3) is 0 Å². The zero-order valence-electron chi connectivity index (χ0n) is 9.00. The molecule has 0 unspecified atom stereocenters. The maximum absolute atomic E-state index is 4.32. The number of anilines is 1. The summed E-state index contributed by atoms with van der Waals surface area (Å²) in [4.78, 5) is 4.32. The van der Waals surface area contributed by atoms with E-state index in [0.717, 1.165) is 23.2 Å². The third-order valence-electron chi connectivity index (χ3n) is 2.36. The van der Waals surface area contributed by atoms with Gasteiger partial charge in [-0.2, -0.15) is 0 Å². The van der Waals surface area contributed by atoms with Crippen LogP contribution in [0, 0.1) is 13.8 Å². The number of benzene rings is 1. The first kappa shape index (κ1) is 10.4. The molecule has 2 rings (SSSR count). The van der Waals surface area contributed by atoms with Gasteiger partial charge in [0.25, 0.3) is 0 Å². The first-order chi connectivity index (χ1) is 7.27. The van der Waals surface area contributed by atoms with Crippen LogP contribution < -0.4 is 10.9 Å². The Labute approximate surface area is 94.3 Å². The van der Waals surface area contributed by atoms with Crippen LogP contribution >= 0.6 is 11.8 Å². The first-order valence-electron chi connectivity index (χ1n) is 5.03. The number of nitrogens with zero attached hydrogens (tertiary/aromatic N) is 1. The number of aryl methyl sites for hydroxylation is 2. The Morgan fingerprint density at radius 3 is 2.53 bits per heavy atom. The van der Waals surface area contributed by atoms with Crippen LogP contribution in [0.4, 0.5) is 5.69 Å². The number of para-hydroxylation sites is 1. The predicted molar refractivity (Wildman–Crippen MR) is 67.4 cm³/mol. The van der Waals surface area contributed by atoms with Crippen molar-refractivity contribution in [3.63, 3.8) is 0 Å². The maximum atomic E-state index is 4.32. The number of hydrogen-bond donors (Lipinski definition) is 2. The Morgan fingerprint density at radius 1 is 1.20 bits per heavy atom. The Balaban J connectivity index is 2.04. The van der Waals surface area contributed by atoms with Gasteiger partial charge in [-0.3, -0.25) is 15.8 Å². The number of amidine groups is 1. The number of thioether (sulfide) groups is 1. The fourth-order valence-corrected chi connectivity index (χ4v) is 2.22. The van der Waals surface area contributed by atoms with E-state index in [1.165, 1.54) is 11.1 Å². The number of hydrogen-bond acceptors (Lipinski definition) is 4. The summed E-state index contributed by atoms with van der Waals surface area (Å²) in [5, 5.41) is 0.984. The lowest BCUT2D eigenvalue weighted by Gasteiger charge is -2.13. The van der Waals surface area contributed by atoms with Crippen molar-refractivity contribution >= 4 is 22.6 Å². The lowest BCUT2D eigenvalue weighted by atomic mass is 10.1. The van der Waals surface area contributed by atoms with Crippen LogP contribution in [0.5, 0.6) is 0 Å². The molecule has 0 radical (unpaired) electrons. The topological polar surface area (TPSA) is 36.4 Å². The van der Waals surface area contributed by atoms with Gasteiger partial charge in [0.2, 0.25) is 0 Å². The van der Waals surface area contributed by atoms with Crippen LogP contribution in [-0.2, 0) is 0 Å². The van der Waals surface area contributed by atoms with Crippen molar-refractivity contribution in [1.29, 1.82) is 0 Å². The van der Waals surface area contributed by atoms with Crippen molar-refractivity contribution in [2.45, 2.75) is 13.8 Å². The van der Waals surface area contributed by atoms with E-state index in [2.05, 4.69) is 47.9 Å². The molecule has 15 heavy (non-hydrogen) atoms. The molecule has 1 aromatic rings. The molecular weight excluding hydrogens is 206 g/mol. The minimum Gasteiger partial charge on any atom is -0.299 e. The Bertz CT molecular complexity index is 367. The van der Waals surface area contributed by atoms with Crippen LogP contribution in [0.1, 0.15) is 11.1 Å². The van der Waals surface area contributed by atoms with Crippen molar-refractivity contribution in [3.8, 4) is 0 Å². The molecule has 0 saturated carbocycles. The van der Waals surface area contributed by atoms with Crippen LogP contribution in [-0.4, -0.2) is 17.5 Å². The summed E-state index contributed by atoms with van der Waals surface area (Å²) >= 11 is 1.75. The highest BCUT2D eigenvalue weighted by Crippen LogP contribution is 2.19. The van der Waals surface area contributed by atoms with Gasteiger partial charge in [0.15, 0.2) is 5.17 Å². The normalized spacial score (nSPS) is 14.9. The molecule has 1 heterocycles. The van der Waals surface area contributed by atoms with E-state index < -0.39 is 0 Å². The van der Waals surface area contributed by atoms with E-state index in [0.29, 0.717) is 0 Å². The summed E-state index contributed by atoms with van der Waals surface area (Å²) in [6, 6.07) is 6.26. The first-order valence-corrected chi connectivity index (χ1v) is 6.01. The highest BCUT2D eigenvalue weighted by atomic mass is 32.2. The zero-order valence-corrected chi connectivity index (χ0v) is 9.82. The van der Waals surface area contributed by atoms with E-state index in [-0.39, 0.29) is 0 Å². The largest absolute Gasteiger partial charge is 0.299 e. The molecule has 4 heteroatoms. The molecule has 80 valence electrons. The summed E-state index contributed by atoms with van der Waals surface area (Å²) in [6.07, 6.45) is 0. The van der Waals surface area contributed by atoms with Gasteiger partial charge in [-0.05, 0) is 25.0 Å². The summed E-state index contributed by atoms with van der Waals surface area (Å²) in [7, 11) is 0. The third-order valence-corrected chi connectivity index (χ3v) is 3.25. The monoisotopic (exact) mass is 221 g/mol. The summed E-state index contributed by atoms with van der Waals surface area (Å²) in [6.45, 7) is 5.11. The molecule has 1 aliphatic rings. The van der Waals surface area contributed by atoms with Crippen molar-refractivity contribution < 1.29 is 0 Å². The van der Waals surface area contributed by atoms with Crippen LogP contribution in [0.3, 0.4) is 0 Å². The molecule has 1 aliphatic heterocycles. The molecule has 3 nitrogen and oxygen atoms in total. The second-order valence-corrected chi connectivity index (χ2v) is 4.64. The van der Waals surface area contributed by atoms with Gasteiger partial charge in [0.1, 0.15) is 0 Å². The molecule has 0 fully saturated rings. The Hall–Kier alpha value is -1.16. The minimum atomic E-state index is 0.918. The number of aliphatic imine (C=N–C) groups is 1. The molecule has 0 spiro atoms. The zero-order chi connectivity index (χ0) is 10.7. The minimum absolute atomic E-state index is 0.918. The number of rotatable bonds is 2. The highest BCUT2D eigenvalue weighted by Gasteiger charge is 2.07. The predicted octanol–water partition coefficient (Wildman–Crippen LogP) is 2.32. The molecule has 1 aromatic carbocycles. The Morgan fingerprint density at radius 2 is 1.93 bits per heavy atom. The average Bonchev–Trinajstić information content (AvgIpc) is 2.70. The van der Waals surface area contributed by atoms with Gasteiger partial charge in [0, 0.05) is 5.75 Å². The van der Waals surface area contributed by atoms with E-state index >= 15 is 0 Å². The maximum Gasteiger partial charge on any atom is 0.175 e. The van der Waals surface area contributed by atoms with E-state index in [1.807, 2.05) is 0 Å². The molecule has 0 atom stereocenters. The van der Waals surface area contributed by atoms with Gasteiger partial charge in [-0.25, -0.2) is 0 Å². The molecule has 0 aliphatic carbocycles. The van der Waals surface area contributed by atoms with Crippen molar-refractivity contribution in [3.05, 3.63) is 29.3 Å². The average molecular weight is 221 g/mol. The number of hydrazine groups is 1. The van der Waals surface area contributed by atoms with E-state index in [4.69, 9.17) is 0 Å². The number of nitrogens with one attached hydrogen (secondary N) is 2. The smallest absolute Gasteiger partial charge is 0.175 e. The molecular formula is C11H15N3S. The summed E-state index contributed by atoms with van der Waals surface area (Å²) in [5.74, 6) is 1.08. The summed E-state index contributed by atoms with van der Waals surface area (Å²) < 4.78 is 0. The fourth-order valence-electron chi connectivity index (χ4n) is 1.54. The lowest BCUT2D eigenvalue weighted by molar-refractivity contribution is 1.09. The van der Waals surface area contributed by atoms with Gasteiger partial charge >= 0.3 is 0 Å². The van der Waals surface area contributed by atoms with Gasteiger partial charge < -0.3 is 0 Å². The van der Waals surface area contributed by atoms with Gasteiger partial charge in [0.05, 0.1) is 12.2 Å². The standard InChI is InChI=1S/C11H15N3S/c1-8-4-3-5-9(2)10(8)13-14-11-12-6-7-15-11/h3-5,13H,6-7H2,1-2H3,(H,12,14). The molecule has 2 N–H and O–H groups in total. The second kappa shape index (κ2) is 4.57. The quantitative estimate of drug-likeness (QED) is 0.752. The van der Waals surface area contributed by atoms with Crippen LogP contribution in [0.15, 0.2) is 23.2 Å². The van der Waals surface area contributed by atoms with Crippen LogP contribution in [0.2, 0.25) is 0 Å². The fraction of sp³-hybridized carbons (Fsp3) is 0.364. The SMILES string of the molecule is Cc1cccc(C)c1NNC1=NCCS1. The van der Waals surface area contributed by atoms with Crippen molar-refractivity contribution in [1.82, 2.24) is 5.43 Å². The van der Waals surface area contributed by atoms with Crippen molar-refractivity contribution in [2.75, 3.05) is 17.7 Å². The van der Waals surface area contributed by atoms with Gasteiger partial charge in [-0.15, -0.1) is 0 Å². The molecule has 0 bridgehead atoms. The van der Waals surface area contributed by atoms with Crippen molar-refractivity contribution in [2.24, 2.45) is 4.99 Å². The summed E-state index contributed by atoms with van der Waals surface area (Å²) in [5.41, 5.74) is 9.99. The Kier molecular flexibility index (Phi) is 3.16. The molecule has 0 saturated heterocycles. The lowest BCUT2D eigenvalue weighted by Crippen LogP contribution is -2.26. The van der Waals surface area contributed by atoms with E-state index in [9.17, 15) is 0 Å².